The SMILES string of the molecule is Cc1ncc(N)cc1-c1cccc(Cl)c1. The zero-order chi connectivity index (χ0) is 10.8. The molecule has 0 fully saturated rings. The van der Waals surface area contributed by atoms with Crippen LogP contribution in [-0.2, 0) is 0 Å². The Bertz CT molecular complexity index is 495. The van der Waals surface area contributed by atoms with Crippen LogP contribution in [0.25, 0.3) is 11.1 Å². The molecule has 0 spiro atoms. The molecule has 1 aromatic carbocycles. The largest absolute Gasteiger partial charge is 0.397 e. The molecule has 3 heteroatoms. The van der Waals surface area contributed by atoms with Gasteiger partial charge in [-0.1, -0.05) is 23.7 Å². The number of aromatic nitrogens is 1. The van der Waals surface area contributed by atoms with E-state index in [0.717, 1.165) is 16.8 Å². The highest BCUT2D eigenvalue weighted by molar-refractivity contribution is 6.30. The summed E-state index contributed by atoms with van der Waals surface area (Å²) in [7, 11) is 0. The van der Waals surface area contributed by atoms with Crippen LogP contribution in [-0.4, -0.2) is 4.98 Å². The maximum atomic E-state index is 5.94. The van der Waals surface area contributed by atoms with Gasteiger partial charge in [-0.3, -0.25) is 4.98 Å². The monoisotopic (exact) mass is 218 g/mol. The summed E-state index contributed by atoms with van der Waals surface area (Å²) in [5, 5.41) is 0.717. The van der Waals surface area contributed by atoms with Gasteiger partial charge in [-0.05, 0) is 30.7 Å². The molecule has 2 N–H and O–H groups in total. The van der Waals surface area contributed by atoms with E-state index in [2.05, 4.69) is 4.98 Å². The van der Waals surface area contributed by atoms with Crippen molar-refractivity contribution in [3.05, 3.63) is 47.2 Å². The number of anilines is 1. The van der Waals surface area contributed by atoms with Crippen LogP contribution in [0.2, 0.25) is 5.02 Å². The molecule has 0 aliphatic heterocycles. The zero-order valence-corrected chi connectivity index (χ0v) is 9.12. The molecular formula is C12H11ClN2. The topological polar surface area (TPSA) is 38.9 Å². The molecule has 0 radical (unpaired) electrons. The minimum atomic E-state index is 0.663. The fourth-order valence-electron chi connectivity index (χ4n) is 1.50. The third-order valence-electron chi connectivity index (χ3n) is 2.24. The molecule has 0 saturated heterocycles. The number of rotatable bonds is 1. The molecule has 1 heterocycles. The average molecular weight is 219 g/mol. The summed E-state index contributed by atoms with van der Waals surface area (Å²) < 4.78 is 0. The van der Waals surface area contributed by atoms with Crippen LogP contribution >= 0.6 is 11.6 Å². The van der Waals surface area contributed by atoms with Gasteiger partial charge < -0.3 is 5.73 Å². The van der Waals surface area contributed by atoms with Gasteiger partial charge in [-0.2, -0.15) is 0 Å². The highest BCUT2D eigenvalue weighted by Gasteiger charge is 2.03. The summed E-state index contributed by atoms with van der Waals surface area (Å²) in [6.45, 7) is 1.95. The molecule has 76 valence electrons. The predicted octanol–water partition coefficient (Wildman–Crippen LogP) is 3.29. The van der Waals surface area contributed by atoms with E-state index < -0.39 is 0 Å². The number of nitrogens with two attached hydrogens (primary N) is 1. The number of aryl methyl sites for hydroxylation is 1. The number of hydrogen-bond acceptors (Lipinski definition) is 2. The molecule has 0 atom stereocenters. The summed E-state index contributed by atoms with van der Waals surface area (Å²) in [5.41, 5.74) is 9.39. The molecule has 0 saturated carbocycles. The first-order chi connectivity index (χ1) is 7.16. The number of pyridine rings is 1. The van der Waals surface area contributed by atoms with E-state index in [1.807, 2.05) is 37.3 Å². The number of halogens is 1. The van der Waals surface area contributed by atoms with Crippen molar-refractivity contribution in [1.82, 2.24) is 4.98 Å². The Morgan fingerprint density at radius 1 is 1.27 bits per heavy atom. The Labute approximate surface area is 93.7 Å². The fourth-order valence-corrected chi connectivity index (χ4v) is 1.69. The number of hydrogen-bond donors (Lipinski definition) is 1. The van der Waals surface area contributed by atoms with Crippen molar-refractivity contribution in [3.63, 3.8) is 0 Å². The van der Waals surface area contributed by atoms with Gasteiger partial charge in [-0.15, -0.1) is 0 Å². The molecule has 2 rings (SSSR count). The Morgan fingerprint density at radius 2 is 2.07 bits per heavy atom. The van der Waals surface area contributed by atoms with Crippen LogP contribution < -0.4 is 5.73 Å². The summed E-state index contributed by atoms with van der Waals surface area (Å²) in [5.74, 6) is 0. The van der Waals surface area contributed by atoms with E-state index in [1.54, 1.807) is 6.20 Å². The van der Waals surface area contributed by atoms with Crippen molar-refractivity contribution in [2.45, 2.75) is 6.92 Å². The van der Waals surface area contributed by atoms with Gasteiger partial charge in [-0.25, -0.2) is 0 Å². The van der Waals surface area contributed by atoms with Crippen LogP contribution in [0.1, 0.15) is 5.69 Å². The normalized spacial score (nSPS) is 10.3. The summed E-state index contributed by atoms with van der Waals surface area (Å²) in [6.07, 6.45) is 1.66. The van der Waals surface area contributed by atoms with Crippen molar-refractivity contribution in [2.75, 3.05) is 5.73 Å². The van der Waals surface area contributed by atoms with Crippen LogP contribution in [0.3, 0.4) is 0 Å². The number of benzene rings is 1. The Hall–Kier alpha value is -1.54. The maximum Gasteiger partial charge on any atom is 0.0507 e. The van der Waals surface area contributed by atoms with Gasteiger partial charge in [0.2, 0.25) is 0 Å². The van der Waals surface area contributed by atoms with Crippen LogP contribution in [0.4, 0.5) is 5.69 Å². The lowest BCUT2D eigenvalue weighted by Gasteiger charge is -2.06. The fraction of sp³-hybridized carbons (Fsp3) is 0.0833. The molecule has 0 aliphatic carbocycles. The first-order valence-electron chi connectivity index (χ1n) is 4.65. The van der Waals surface area contributed by atoms with Crippen molar-refractivity contribution in [1.29, 1.82) is 0 Å². The van der Waals surface area contributed by atoms with Gasteiger partial charge in [0.1, 0.15) is 0 Å². The van der Waals surface area contributed by atoms with Gasteiger partial charge in [0.15, 0.2) is 0 Å². The highest BCUT2D eigenvalue weighted by atomic mass is 35.5. The predicted molar refractivity (Wildman–Crippen MR) is 63.8 cm³/mol. The lowest BCUT2D eigenvalue weighted by atomic mass is 10.0. The smallest absolute Gasteiger partial charge is 0.0507 e. The second kappa shape index (κ2) is 3.91. The minimum absolute atomic E-state index is 0.663. The highest BCUT2D eigenvalue weighted by Crippen LogP contribution is 2.26. The van der Waals surface area contributed by atoms with Crippen LogP contribution in [0.15, 0.2) is 36.5 Å². The number of nitrogens with zero attached hydrogens (tertiary/aromatic N) is 1. The van der Waals surface area contributed by atoms with E-state index in [1.165, 1.54) is 0 Å². The lowest BCUT2D eigenvalue weighted by molar-refractivity contribution is 1.21. The molecule has 0 amide bonds. The molecule has 2 nitrogen and oxygen atoms in total. The maximum absolute atomic E-state index is 5.94. The van der Waals surface area contributed by atoms with E-state index in [0.29, 0.717) is 10.7 Å². The van der Waals surface area contributed by atoms with Crippen molar-refractivity contribution < 1.29 is 0 Å². The van der Waals surface area contributed by atoms with Gasteiger partial charge in [0, 0.05) is 16.3 Å². The third kappa shape index (κ3) is 2.10. The Kier molecular flexibility index (Phi) is 2.60. The first kappa shape index (κ1) is 9.99. The minimum Gasteiger partial charge on any atom is -0.397 e. The first-order valence-corrected chi connectivity index (χ1v) is 5.02. The van der Waals surface area contributed by atoms with Gasteiger partial charge in [0.25, 0.3) is 0 Å². The molecule has 2 aromatic rings. The summed E-state index contributed by atoms with van der Waals surface area (Å²) in [4.78, 5) is 4.22. The molecular weight excluding hydrogens is 208 g/mol. The Morgan fingerprint density at radius 3 is 2.80 bits per heavy atom. The zero-order valence-electron chi connectivity index (χ0n) is 8.37. The lowest BCUT2D eigenvalue weighted by Crippen LogP contribution is -1.92. The second-order valence-corrected chi connectivity index (χ2v) is 3.85. The van der Waals surface area contributed by atoms with E-state index >= 15 is 0 Å². The quantitative estimate of drug-likeness (QED) is 0.798. The molecule has 0 aliphatic rings. The van der Waals surface area contributed by atoms with Crippen molar-refractivity contribution >= 4 is 17.3 Å². The standard InChI is InChI=1S/C12H11ClN2/c1-8-12(6-11(14)7-15-8)9-3-2-4-10(13)5-9/h2-7H,14H2,1H3. The molecule has 0 unspecified atom stereocenters. The summed E-state index contributed by atoms with van der Waals surface area (Å²) in [6, 6.07) is 9.58. The van der Waals surface area contributed by atoms with E-state index in [4.69, 9.17) is 17.3 Å². The van der Waals surface area contributed by atoms with Gasteiger partial charge >= 0.3 is 0 Å². The van der Waals surface area contributed by atoms with E-state index in [-0.39, 0.29) is 0 Å². The Balaban J connectivity index is 2.58. The van der Waals surface area contributed by atoms with Crippen LogP contribution in [0, 0.1) is 6.92 Å². The molecule has 15 heavy (non-hydrogen) atoms. The molecule has 1 aromatic heterocycles. The second-order valence-electron chi connectivity index (χ2n) is 3.41. The average Bonchev–Trinajstić information content (AvgIpc) is 2.22. The van der Waals surface area contributed by atoms with E-state index in [9.17, 15) is 0 Å². The van der Waals surface area contributed by atoms with Gasteiger partial charge in [0.05, 0.1) is 11.9 Å². The molecule has 0 bridgehead atoms. The third-order valence-corrected chi connectivity index (χ3v) is 2.48. The van der Waals surface area contributed by atoms with Crippen LogP contribution in [0.5, 0.6) is 0 Å². The number of nitrogen functional groups attached to an aromatic ring is 1. The van der Waals surface area contributed by atoms with Crippen molar-refractivity contribution in [2.24, 2.45) is 0 Å². The summed E-state index contributed by atoms with van der Waals surface area (Å²) >= 11 is 5.94. The van der Waals surface area contributed by atoms with Crippen molar-refractivity contribution in [3.8, 4) is 11.1 Å².